The van der Waals surface area contributed by atoms with E-state index in [2.05, 4.69) is 64.5 Å². The zero-order valence-corrected chi connectivity index (χ0v) is 33.3. The molecule has 1 unspecified atom stereocenters. The fraction of sp³-hybridized carbons (Fsp3) is 0.476. The second-order valence-corrected chi connectivity index (χ2v) is 17.3. The normalized spacial score (nSPS) is 24.5. The average Bonchev–Trinajstić information content (AvgIpc) is 3.44. The summed E-state index contributed by atoms with van der Waals surface area (Å²) in [6.45, 7) is 13.4. The molecule has 4 fully saturated rings. The molecule has 3 aromatic rings. The highest BCUT2D eigenvalue weighted by Gasteiger charge is 2.64. The topological polar surface area (TPSA) is 169 Å². The van der Waals surface area contributed by atoms with Crippen molar-refractivity contribution >= 4 is 46.6 Å². The van der Waals surface area contributed by atoms with Gasteiger partial charge < -0.3 is 30.3 Å². The maximum Gasteiger partial charge on any atom is 0.270 e. The SMILES string of the molecule is CC1(C)C(NC(=O)c2ccc(N3CCN(CCNc4cccc5c4C(=O)N(C4CCC(=O)NC46COC6)C5=O)CC3)cn2)C(C)(C)C1Oc1ccc(C#N)c(Cl)c1. The number of piperidine rings is 1. The molecule has 5 heterocycles. The third-order valence-corrected chi connectivity index (χ3v) is 12.9. The van der Waals surface area contributed by atoms with Crippen LogP contribution in [0.2, 0.25) is 5.02 Å². The third-order valence-electron chi connectivity index (χ3n) is 12.5. The number of imide groups is 1. The molecular formula is C42H47ClN8O6. The van der Waals surface area contributed by atoms with Gasteiger partial charge in [-0.05, 0) is 42.8 Å². The Bertz CT molecular complexity index is 2140. The average molecular weight is 795 g/mol. The second-order valence-electron chi connectivity index (χ2n) is 16.9. The molecule has 14 nitrogen and oxygen atoms in total. The molecule has 3 saturated heterocycles. The van der Waals surface area contributed by atoms with Crippen molar-refractivity contribution in [2.45, 2.75) is 64.3 Å². The van der Waals surface area contributed by atoms with E-state index in [0.717, 1.165) is 38.4 Å². The van der Waals surface area contributed by atoms with Crippen molar-refractivity contribution in [1.82, 2.24) is 25.4 Å². The van der Waals surface area contributed by atoms with Gasteiger partial charge in [0.15, 0.2) is 0 Å². The number of ether oxygens (including phenoxy) is 2. The monoisotopic (exact) mass is 794 g/mol. The number of carbonyl (C=O) groups excluding carboxylic acids is 4. The number of piperazine rings is 1. The summed E-state index contributed by atoms with van der Waals surface area (Å²) < 4.78 is 11.8. The van der Waals surface area contributed by atoms with Gasteiger partial charge in [0.05, 0.1) is 52.9 Å². The Balaban J connectivity index is 0.816. The lowest BCUT2D eigenvalue weighted by Crippen LogP contribution is -2.75. The molecular weight excluding hydrogens is 748 g/mol. The Morgan fingerprint density at radius 2 is 1.79 bits per heavy atom. The molecule has 1 aliphatic carbocycles. The Labute approximate surface area is 336 Å². The molecule has 0 bridgehead atoms. The van der Waals surface area contributed by atoms with Crippen molar-refractivity contribution in [2.75, 3.05) is 62.7 Å². The van der Waals surface area contributed by atoms with Gasteiger partial charge in [-0.3, -0.25) is 29.0 Å². The van der Waals surface area contributed by atoms with E-state index in [9.17, 15) is 24.4 Å². The van der Waals surface area contributed by atoms with Crippen LogP contribution in [0.5, 0.6) is 5.75 Å². The number of nitriles is 1. The van der Waals surface area contributed by atoms with Crippen LogP contribution in [0.15, 0.2) is 54.7 Å². The van der Waals surface area contributed by atoms with Crippen molar-refractivity contribution in [1.29, 1.82) is 5.26 Å². The van der Waals surface area contributed by atoms with Crippen molar-refractivity contribution in [3.05, 3.63) is 82.1 Å². The molecule has 298 valence electrons. The Morgan fingerprint density at radius 1 is 1.04 bits per heavy atom. The summed E-state index contributed by atoms with van der Waals surface area (Å²) in [4.78, 5) is 63.4. The zero-order chi connectivity index (χ0) is 40.3. The van der Waals surface area contributed by atoms with Crippen LogP contribution in [-0.4, -0.2) is 115 Å². The van der Waals surface area contributed by atoms with Crippen molar-refractivity contribution in [3.8, 4) is 11.8 Å². The number of hydrogen-bond donors (Lipinski definition) is 3. The fourth-order valence-corrected chi connectivity index (χ4v) is 9.96. The molecule has 1 spiro atoms. The van der Waals surface area contributed by atoms with Crippen LogP contribution in [0.25, 0.3) is 0 Å². The number of aromatic nitrogens is 1. The number of pyridine rings is 1. The Kier molecular flexibility index (Phi) is 9.90. The van der Waals surface area contributed by atoms with Gasteiger partial charge in [-0.15, -0.1) is 0 Å². The van der Waals surface area contributed by atoms with E-state index in [1.54, 1.807) is 42.6 Å². The fourth-order valence-electron chi connectivity index (χ4n) is 9.75. The number of hydrogen-bond acceptors (Lipinski definition) is 11. The summed E-state index contributed by atoms with van der Waals surface area (Å²) in [5.74, 6) is -0.416. The number of benzene rings is 2. The van der Waals surface area contributed by atoms with Gasteiger partial charge in [-0.1, -0.05) is 45.4 Å². The highest BCUT2D eigenvalue weighted by molar-refractivity contribution is 6.31. The van der Waals surface area contributed by atoms with E-state index < -0.39 is 22.4 Å². The number of amides is 4. The number of halogens is 1. The van der Waals surface area contributed by atoms with Crippen molar-refractivity contribution in [2.24, 2.45) is 10.8 Å². The number of anilines is 2. The summed E-state index contributed by atoms with van der Waals surface area (Å²) in [5.41, 5.74) is 1.57. The molecule has 1 saturated carbocycles. The van der Waals surface area contributed by atoms with E-state index in [1.165, 1.54) is 4.90 Å². The predicted molar refractivity (Wildman–Crippen MR) is 212 cm³/mol. The molecule has 3 N–H and O–H groups in total. The summed E-state index contributed by atoms with van der Waals surface area (Å²) in [7, 11) is 0. The highest BCUT2D eigenvalue weighted by Crippen LogP contribution is 2.55. The van der Waals surface area contributed by atoms with Crippen LogP contribution >= 0.6 is 11.6 Å². The molecule has 1 atom stereocenters. The standard InChI is InChI=1S/C42H47ClN8O6/c1-40(2)38(41(3,4)39(40)57-27-10-8-25(21-44)29(43)20-27)47-35(53)31-11-9-26(22-46-31)50-18-16-49(17-19-50)15-14-45-30-7-5-6-28-34(30)37(55)51(36(28)54)32-12-13-33(52)48-42(32)23-56-24-42/h5-11,20,22,32,38-39,45H,12-19,23-24H2,1-4H3,(H,47,53)(H,48,52). The number of rotatable bonds is 10. The van der Waals surface area contributed by atoms with Crippen molar-refractivity contribution in [3.63, 3.8) is 0 Å². The highest BCUT2D eigenvalue weighted by atomic mass is 35.5. The third kappa shape index (κ3) is 6.75. The van der Waals surface area contributed by atoms with Crippen LogP contribution in [0.3, 0.4) is 0 Å². The van der Waals surface area contributed by atoms with Gasteiger partial charge in [0.1, 0.15) is 29.2 Å². The van der Waals surface area contributed by atoms with Crippen LogP contribution in [0, 0.1) is 22.2 Å². The van der Waals surface area contributed by atoms with Gasteiger partial charge in [-0.25, -0.2) is 4.98 Å². The first kappa shape index (κ1) is 38.6. The molecule has 2 aromatic carbocycles. The first-order valence-electron chi connectivity index (χ1n) is 19.5. The molecule has 4 aliphatic heterocycles. The molecule has 0 radical (unpaired) electrons. The van der Waals surface area contributed by atoms with Gasteiger partial charge >= 0.3 is 0 Å². The van der Waals surface area contributed by atoms with Gasteiger partial charge in [0, 0.05) is 74.3 Å². The number of nitrogens with zero attached hydrogens (tertiary/aromatic N) is 5. The lowest BCUT2D eigenvalue weighted by Gasteiger charge is -2.63. The molecule has 5 aliphatic rings. The minimum absolute atomic E-state index is 0.0855. The Hall–Kier alpha value is -5.23. The van der Waals surface area contributed by atoms with E-state index in [-0.39, 0.29) is 55.4 Å². The van der Waals surface area contributed by atoms with Gasteiger partial charge in [-0.2, -0.15) is 5.26 Å². The molecule has 8 rings (SSSR count). The maximum absolute atomic E-state index is 13.8. The first-order chi connectivity index (χ1) is 27.2. The Morgan fingerprint density at radius 3 is 2.44 bits per heavy atom. The summed E-state index contributed by atoms with van der Waals surface area (Å²) in [6.07, 6.45) is 2.22. The summed E-state index contributed by atoms with van der Waals surface area (Å²) in [6, 6.07) is 15.5. The van der Waals surface area contributed by atoms with E-state index in [4.69, 9.17) is 21.1 Å². The summed E-state index contributed by atoms with van der Waals surface area (Å²) in [5, 5.41) is 19.2. The van der Waals surface area contributed by atoms with Gasteiger partial charge in [0.25, 0.3) is 17.7 Å². The van der Waals surface area contributed by atoms with E-state index in [1.807, 2.05) is 12.1 Å². The quantitative estimate of drug-likeness (QED) is 0.253. The molecule has 1 aromatic heterocycles. The number of carbonyl (C=O) groups is 4. The summed E-state index contributed by atoms with van der Waals surface area (Å²) >= 11 is 6.24. The largest absolute Gasteiger partial charge is 0.489 e. The minimum Gasteiger partial charge on any atom is -0.489 e. The van der Waals surface area contributed by atoms with Crippen LogP contribution in [0.1, 0.15) is 77.3 Å². The molecule has 4 amide bonds. The second kappa shape index (κ2) is 14.6. The lowest BCUT2D eigenvalue weighted by atomic mass is 9.49. The van der Waals surface area contributed by atoms with E-state index >= 15 is 0 Å². The molecule has 57 heavy (non-hydrogen) atoms. The predicted octanol–water partition coefficient (Wildman–Crippen LogP) is 4.10. The maximum atomic E-state index is 13.8. The first-order valence-corrected chi connectivity index (χ1v) is 19.9. The molecule has 15 heteroatoms. The van der Waals surface area contributed by atoms with Crippen molar-refractivity contribution < 1.29 is 28.7 Å². The van der Waals surface area contributed by atoms with E-state index in [0.29, 0.717) is 51.8 Å². The number of nitrogens with one attached hydrogen (secondary N) is 3. The van der Waals surface area contributed by atoms with Gasteiger partial charge in [0.2, 0.25) is 5.91 Å². The zero-order valence-electron chi connectivity index (χ0n) is 32.6. The minimum atomic E-state index is -0.719. The smallest absolute Gasteiger partial charge is 0.270 e. The lowest BCUT2D eigenvalue weighted by molar-refractivity contribution is -0.164. The van der Waals surface area contributed by atoms with Crippen LogP contribution < -0.4 is 25.6 Å². The van der Waals surface area contributed by atoms with Crippen LogP contribution in [-0.2, 0) is 9.53 Å². The van der Waals surface area contributed by atoms with Crippen LogP contribution in [0.4, 0.5) is 11.4 Å². The number of fused-ring (bicyclic) bond motifs is 1.